The van der Waals surface area contributed by atoms with Crippen LogP contribution in [0.5, 0.6) is 5.88 Å². The first-order valence-corrected chi connectivity index (χ1v) is 11.1. The lowest BCUT2D eigenvalue weighted by Crippen LogP contribution is -2.50. The third kappa shape index (κ3) is 3.52. The minimum Gasteiger partial charge on any atom is -0.530 e. The number of hydrogen-bond donors (Lipinski definition) is 0. The molecule has 1 aliphatic rings. The van der Waals surface area contributed by atoms with Crippen molar-refractivity contribution in [2.24, 2.45) is 0 Å². The molecule has 0 radical (unpaired) electrons. The maximum absolute atomic E-state index is 12.2. The van der Waals surface area contributed by atoms with Crippen LogP contribution in [0.15, 0.2) is 12.1 Å². The Morgan fingerprint density at radius 2 is 1.52 bits per heavy atom. The molecular weight excluding hydrogens is 302 g/mol. The van der Waals surface area contributed by atoms with Gasteiger partial charge in [0.05, 0.1) is 5.69 Å². The Hall–Kier alpha value is -1.16. The number of ketones is 1. The van der Waals surface area contributed by atoms with Crippen LogP contribution in [0.25, 0.3) is 0 Å². The number of aromatic nitrogens is 1. The van der Waals surface area contributed by atoms with Crippen molar-refractivity contribution < 1.29 is 9.22 Å². The van der Waals surface area contributed by atoms with Crippen LogP contribution in [0.2, 0.25) is 16.6 Å². The van der Waals surface area contributed by atoms with Crippen molar-refractivity contribution in [3.8, 4) is 5.88 Å². The molecule has 128 valence electrons. The lowest BCUT2D eigenvalue weighted by Gasteiger charge is -2.41. The maximum atomic E-state index is 12.2. The van der Waals surface area contributed by atoms with Crippen molar-refractivity contribution in [3.05, 3.63) is 23.4 Å². The standard InChI is InChI=1S/C19H31NO2Si/c1-13(2)23(14(3)4,15(5)6)22-19-12-11-16-17(20-19)9-7-8-10-18(16)21/h11-15H,7-10H2,1-6H3. The summed E-state index contributed by atoms with van der Waals surface area (Å²) in [5.74, 6) is 0.956. The number of rotatable bonds is 5. The predicted octanol–water partition coefficient (Wildman–Crippen LogP) is 5.55. The normalized spacial score (nSPS) is 16.0. The second kappa shape index (κ2) is 7.16. The van der Waals surface area contributed by atoms with Crippen LogP contribution in [0.4, 0.5) is 0 Å². The number of hydrogen-bond acceptors (Lipinski definition) is 3. The molecule has 4 heteroatoms. The van der Waals surface area contributed by atoms with Crippen molar-refractivity contribution in [1.29, 1.82) is 0 Å². The van der Waals surface area contributed by atoms with Crippen LogP contribution in [0.3, 0.4) is 0 Å². The first-order chi connectivity index (χ1) is 10.8. The molecule has 23 heavy (non-hydrogen) atoms. The van der Waals surface area contributed by atoms with Gasteiger partial charge in [0.1, 0.15) is 0 Å². The molecule has 0 aromatic carbocycles. The fourth-order valence-electron chi connectivity index (χ4n) is 4.23. The number of Topliss-reactive ketones (excluding diaryl/α,β-unsaturated/α-hetero) is 1. The van der Waals surface area contributed by atoms with Gasteiger partial charge in [0.15, 0.2) is 11.7 Å². The van der Waals surface area contributed by atoms with E-state index >= 15 is 0 Å². The smallest absolute Gasteiger partial charge is 0.260 e. The summed E-state index contributed by atoms with van der Waals surface area (Å²) in [6, 6.07) is 3.85. The summed E-state index contributed by atoms with van der Waals surface area (Å²) in [4.78, 5) is 16.9. The van der Waals surface area contributed by atoms with Crippen LogP contribution in [-0.2, 0) is 6.42 Å². The Bertz CT molecular complexity index is 545. The molecule has 0 atom stereocenters. The molecule has 0 saturated heterocycles. The maximum Gasteiger partial charge on any atom is 0.260 e. The second-order valence-corrected chi connectivity index (χ2v) is 13.1. The Morgan fingerprint density at radius 1 is 0.957 bits per heavy atom. The molecular formula is C19H31NO2Si. The number of pyridine rings is 1. The summed E-state index contributed by atoms with van der Waals surface area (Å²) >= 11 is 0. The van der Waals surface area contributed by atoms with Gasteiger partial charge < -0.3 is 4.43 Å². The average molecular weight is 334 g/mol. The highest BCUT2D eigenvalue weighted by molar-refractivity contribution is 6.78. The van der Waals surface area contributed by atoms with Gasteiger partial charge in [-0.15, -0.1) is 0 Å². The monoisotopic (exact) mass is 333 g/mol. The summed E-state index contributed by atoms with van der Waals surface area (Å²) in [5, 5.41) is 0. The third-order valence-corrected chi connectivity index (χ3v) is 11.3. The summed E-state index contributed by atoms with van der Waals surface area (Å²) in [6.07, 6.45) is 3.54. The molecule has 0 N–H and O–H groups in total. The van der Waals surface area contributed by atoms with E-state index in [1.165, 1.54) is 0 Å². The molecule has 1 aromatic heterocycles. The largest absolute Gasteiger partial charge is 0.530 e. The van der Waals surface area contributed by atoms with Gasteiger partial charge in [-0.05, 0) is 48.0 Å². The van der Waals surface area contributed by atoms with Crippen molar-refractivity contribution in [2.75, 3.05) is 0 Å². The van der Waals surface area contributed by atoms with Crippen molar-refractivity contribution in [3.63, 3.8) is 0 Å². The second-order valence-electron chi connectivity index (χ2n) is 7.69. The zero-order chi connectivity index (χ0) is 17.2. The van der Waals surface area contributed by atoms with Gasteiger partial charge in [0.2, 0.25) is 0 Å². The molecule has 0 fully saturated rings. The Morgan fingerprint density at radius 3 is 2.09 bits per heavy atom. The summed E-state index contributed by atoms with van der Waals surface area (Å²) in [6.45, 7) is 13.7. The highest BCUT2D eigenvalue weighted by Crippen LogP contribution is 2.42. The fourth-order valence-corrected chi connectivity index (χ4v) is 9.41. The van der Waals surface area contributed by atoms with Gasteiger partial charge in [0, 0.05) is 12.0 Å². The van der Waals surface area contributed by atoms with E-state index in [1.807, 2.05) is 12.1 Å². The molecule has 1 heterocycles. The third-order valence-electron chi connectivity index (χ3n) is 5.30. The summed E-state index contributed by atoms with van der Waals surface area (Å²) in [7, 11) is -1.99. The molecule has 0 saturated carbocycles. The summed E-state index contributed by atoms with van der Waals surface area (Å²) in [5.41, 5.74) is 3.30. The van der Waals surface area contributed by atoms with E-state index in [2.05, 4.69) is 41.5 Å². The van der Waals surface area contributed by atoms with Crippen LogP contribution in [0.1, 0.15) is 76.9 Å². The Labute approximate surface area is 142 Å². The van der Waals surface area contributed by atoms with E-state index in [4.69, 9.17) is 9.41 Å². The molecule has 0 unspecified atom stereocenters. The lowest BCUT2D eigenvalue weighted by atomic mass is 10.1. The predicted molar refractivity (Wildman–Crippen MR) is 97.8 cm³/mol. The van der Waals surface area contributed by atoms with Gasteiger partial charge in [0.25, 0.3) is 8.32 Å². The van der Waals surface area contributed by atoms with Crippen LogP contribution in [0, 0.1) is 0 Å². The van der Waals surface area contributed by atoms with Crippen LogP contribution >= 0.6 is 0 Å². The van der Waals surface area contributed by atoms with E-state index in [0.717, 1.165) is 36.4 Å². The molecule has 0 spiro atoms. The highest BCUT2D eigenvalue weighted by Gasteiger charge is 2.47. The first kappa shape index (κ1) is 18.2. The topological polar surface area (TPSA) is 39.2 Å². The SMILES string of the molecule is CC(C)[Si](Oc1ccc2c(n1)CCCCC2=O)(C(C)C)C(C)C. The summed E-state index contributed by atoms with van der Waals surface area (Å²) < 4.78 is 6.65. The molecule has 1 aliphatic carbocycles. The molecule has 0 bridgehead atoms. The van der Waals surface area contributed by atoms with Gasteiger partial charge in [-0.25, -0.2) is 4.98 Å². The molecule has 3 nitrogen and oxygen atoms in total. The van der Waals surface area contributed by atoms with Crippen LogP contribution < -0.4 is 4.43 Å². The number of carbonyl (C=O) groups is 1. The Kier molecular flexibility index (Phi) is 5.66. The van der Waals surface area contributed by atoms with Crippen molar-refractivity contribution >= 4 is 14.1 Å². The average Bonchev–Trinajstić information content (AvgIpc) is 2.65. The minimum atomic E-state index is -1.99. The number of carbonyl (C=O) groups excluding carboxylic acids is 1. The van der Waals surface area contributed by atoms with Gasteiger partial charge in [-0.1, -0.05) is 41.5 Å². The molecule has 0 aliphatic heterocycles. The van der Waals surface area contributed by atoms with E-state index in [-0.39, 0.29) is 5.78 Å². The van der Waals surface area contributed by atoms with Crippen molar-refractivity contribution in [2.45, 2.75) is 83.8 Å². The van der Waals surface area contributed by atoms with E-state index in [1.54, 1.807) is 0 Å². The minimum absolute atomic E-state index is 0.233. The van der Waals surface area contributed by atoms with Gasteiger partial charge in [-0.2, -0.15) is 0 Å². The fraction of sp³-hybridized carbons (Fsp3) is 0.684. The van der Waals surface area contributed by atoms with Gasteiger partial charge >= 0.3 is 0 Å². The van der Waals surface area contributed by atoms with E-state index < -0.39 is 8.32 Å². The van der Waals surface area contributed by atoms with Gasteiger partial charge in [-0.3, -0.25) is 4.79 Å². The quantitative estimate of drug-likeness (QED) is 0.524. The first-order valence-electron chi connectivity index (χ1n) is 9.01. The number of fused-ring (bicyclic) bond motifs is 1. The molecule has 1 aromatic rings. The zero-order valence-corrected chi connectivity index (χ0v) is 16.5. The molecule has 0 amide bonds. The number of aryl methyl sites for hydroxylation is 1. The van der Waals surface area contributed by atoms with Crippen LogP contribution in [-0.4, -0.2) is 19.1 Å². The molecule has 2 rings (SSSR count). The zero-order valence-electron chi connectivity index (χ0n) is 15.5. The van der Waals surface area contributed by atoms with E-state index in [9.17, 15) is 4.79 Å². The number of nitrogens with zero attached hydrogens (tertiary/aromatic N) is 1. The highest BCUT2D eigenvalue weighted by atomic mass is 28.4. The Balaban J connectivity index is 2.38. The van der Waals surface area contributed by atoms with E-state index in [0.29, 0.717) is 23.0 Å². The lowest BCUT2D eigenvalue weighted by molar-refractivity contribution is 0.0981. The van der Waals surface area contributed by atoms with Crippen molar-refractivity contribution in [1.82, 2.24) is 4.98 Å².